The van der Waals surface area contributed by atoms with Crippen LogP contribution in [0.4, 0.5) is 32.2 Å². The van der Waals surface area contributed by atoms with Crippen molar-refractivity contribution in [1.82, 2.24) is 5.01 Å². The molecular formula is C24H28FN7O4. The molecule has 11 nitrogen and oxygen atoms in total. The zero-order valence-corrected chi connectivity index (χ0v) is 20.1. The molecule has 1 amide bonds. The minimum atomic E-state index is -1.19. The number of halogens is 1. The number of ether oxygens (including phenoxy) is 1. The van der Waals surface area contributed by atoms with Crippen LogP contribution in [0.2, 0.25) is 0 Å². The van der Waals surface area contributed by atoms with E-state index in [1.165, 1.54) is 24.3 Å². The van der Waals surface area contributed by atoms with Crippen LogP contribution in [0.15, 0.2) is 71.0 Å². The first kappa shape index (κ1) is 27.5. The maximum Gasteiger partial charge on any atom is 0.411 e. The lowest BCUT2D eigenvalue weighted by Gasteiger charge is -2.07. The standard InChI is InChI=1S/C15H17FN4O2.C9H11N3O2/c1-2-22-15(21)19-12-7-8-13(20-14(12)17)18-9-10-3-5-11(16)6-4-10;1-12(2)11-10-8-5-3-7(4-6-8)9(13)14/h3-8H,2,9H2,1H3,(H,19,21)(H3,17,18,20);3-6H,1-2H3,(H,13,14). The number of aromatic nitrogens is 1. The number of nitrogens with one attached hydrogen (secondary N) is 3. The summed E-state index contributed by atoms with van der Waals surface area (Å²) in [6, 6.07) is 15.6. The molecule has 5 N–H and O–H groups in total. The molecule has 0 fully saturated rings. The highest BCUT2D eigenvalue weighted by Crippen LogP contribution is 2.16. The fourth-order valence-electron chi connectivity index (χ4n) is 2.60. The first-order valence-electron chi connectivity index (χ1n) is 10.8. The summed E-state index contributed by atoms with van der Waals surface area (Å²) in [5.41, 5.74) is 7.94. The summed E-state index contributed by atoms with van der Waals surface area (Å²) in [7, 11) is 3.50. The van der Waals surface area contributed by atoms with E-state index in [1.807, 2.05) is 0 Å². The van der Waals surface area contributed by atoms with Crippen LogP contribution in [-0.4, -0.2) is 37.8 Å². The van der Waals surface area contributed by atoms with Crippen LogP contribution in [0.5, 0.6) is 0 Å². The number of anilines is 3. The van der Waals surface area contributed by atoms with Crippen LogP contribution >= 0.6 is 0 Å². The van der Waals surface area contributed by atoms with Crippen LogP contribution in [0.25, 0.3) is 0 Å². The molecule has 0 bridgehead atoms. The summed E-state index contributed by atoms with van der Waals surface area (Å²) in [6.07, 6.45) is -0.561. The quantitative estimate of drug-likeness (QED) is 0.319. The number of aromatic amines is 1. The second-order valence-electron chi connectivity index (χ2n) is 7.40. The number of benzene rings is 2. The largest absolute Gasteiger partial charge is 0.545 e. The molecule has 0 aliphatic heterocycles. The van der Waals surface area contributed by atoms with Crippen LogP contribution < -0.4 is 26.5 Å². The van der Waals surface area contributed by atoms with Gasteiger partial charge in [-0.15, -0.1) is 5.11 Å². The van der Waals surface area contributed by atoms with Crippen molar-refractivity contribution in [3.05, 3.63) is 77.6 Å². The predicted octanol–water partition coefficient (Wildman–Crippen LogP) is 3.01. The first-order chi connectivity index (χ1) is 17.2. The van der Waals surface area contributed by atoms with Gasteiger partial charge in [0.05, 0.1) is 24.8 Å². The molecule has 36 heavy (non-hydrogen) atoms. The van der Waals surface area contributed by atoms with Gasteiger partial charge in [0.25, 0.3) is 0 Å². The lowest BCUT2D eigenvalue weighted by atomic mass is 10.2. The number of carboxylic acid groups (broad SMARTS) is 1. The van der Waals surface area contributed by atoms with E-state index in [9.17, 15) is 19.1 Å². The number of hydrogen-bond donors (Lipinski definition) is 3. The number of nitrogen functional groups attached to an aromatic ring is 1. The number of carbonyl (C=O) groups is 2. The normalized spacial score (nSPS) is 10.2. The summed E-state index contributed by atoms with van der Waals surface area (Å²) >= 11 is 0. The number of rotatable bonds is 8. The third kappa shape index (κ3) is 9.63. The molecule has 0 unspecified atom stereocenters. The van der Waals surface area contributed by atoms with E-state index in [0.717, 1.165) is 5.56 Å². The second-order valence-corrected chi connectivity index (χ2v) is 7.40. The molecule has 2 aromatic carbocycles. The van der Waals surface area contributed by atoms with Crippen LogP contribution in [-0.2, 0) is 11.3 Å². The van der Waals surface area contributed by atoms with E-state index in [4.69, 9.17) is 10.5 Å². The Morgan fingerprint density at radius 1 is 1.08 bits per heavy atom. The molecular weight excluding hydrogens is 469 g/mol. The van der Waals surface area contributed by atoms with Crippen molar-refractivity contribution in [3.8, 4) is 0 Å². The van der Waals surface area contributed by atoms with Crippen molar-refractivity contribution in [1.29, 1.82) is 0 Å². The second kappa shape index (κ2) is 13.8. The summed E-state index contributed by atoms with van der Waals surface area (Å²) < 4.78 is 17.6. The molecule has 12 heteroatoms. The molecule has 3 rings (SSSR count). The maximum absolute atomic E-state index is 12.8. The fourth-order valence-corrected chi connectivity index (χ4v) is 2.60. The third-order valence-corrected chi connectivity index (χ3v) is 4.33. The van der Waals surface area contributed by atoms with Crippen LogP contribution in [0.1, 0.15) is 22.8 Å². The molecule has 0 radical (unpaired) electrons. The van der Waals surface area contributed by atoms with Crippen molar-refractivity contribution in [2.75, 3.05) is 37.1 Å². The third-order valence-electron chi connectivity index (χ3n) is 4.33. The van der Waals surface area contributed by atoms with Crippen LogP contribution in [0, 0.1) is 5.82 Å². The van der Waals surface area contributed by atoms with Gasteiger partial charge in [-0.3, -0.25) is 10.3 Å². The Hall–Kier alpha value is -4.74. The van der Waals surface area contributed by atoms with Gasteiger partial charge in [0, 0.05) is 20.2 Å². The van der Waals surface area contributed by atoms with E-state index in [-0.39, 0.29) is 18.0 Å². The zero-order valence-electron chi connectivity index (χ0n) is 20.1. The Bertz CT molecular complexity index is 1170. The van der Waals surface area contributed by atoms with E-state index in [2.05, 4.69) is 26.0 Å². The Balaban J connectivity index is 0.000000281. The number of carbonyl (C=O) groups excluding carboxylic acids is 2. The predicted molar refractivity (Wildman–Crippen MR) is 131 cm³/mol. The molecule has 0 aliphatic carbocycles. The number of amides is 1. The first-order valence-corrected chi connectivity index (χ1v) is 10.8. The minimum absolute atomic E-state index is 0.133. The van der Waals surface area contributed by atoms with Gasteiger partial charge in [-0.25, -0.2) is 14.2 Å². The number of nitrogens with zero attached hydrogens (tertiary/aromatic N) is 3. The topological polar surface area (TPSA) is 159 Å². The summed E-state index contributed by atoms with van der Waals surface area (Å²) in [6.45, 7) is 2.52. The van der Waals surface area contributed by atoms with Gasteiger partial charge in [-0.05, 0) is 48.4 Å². The Kier molecular flexibility index (Phi) is 10.6. The van der Waals surface area contributed by atoms with Crippen molar-refractivity contribution < 1.29 is 28.8 Å². The maximum atomic E-state index is 12.8. The average molecular weight is 498 g/mol. The van der Waals surface area contributed by atoms with Gasteiger partial charge in [-0.2, -0.15) is 0 Å². The highest BCUT2D eigenvalue weighted by molar-refractivity contribution is 5.87. The highest BCUT2D eigenvalue weighted by Gasteiger charge is 2.10. The Labute approximate surface area is 207 Å². The zero-order chi connectivity index (χ0) is 26.5. The van der Waals surface area contributed by atoms with E-state index in [0.29, 0.717) is 29.6 Å². The van der Waals surface area contributed by atoms with Crippen LogP contribution in [0.3, 0.4) is 0 Å². The summed E-state index contributed by atoms with van der Waals surface area (Å²) in [4.78, 5) is 24.7. The van der Waals surface area contributed by atoms with E-state index in [1.54, 1.807) is 62.4 Å². The van der Waals surface area contributed by atoms with Gasteiger partial charge in [0.1, 0.15) is 11.5 Å². The number of hydrogen-bond acceptors (Lipinski definition) is 8. The molecule has 190 valence electrons. The lowest BCUT2D eigenvalue weighted by Crippen LogP contribution is -2.21. The van der Waals surface area contributed by atoms with E-state index >= 15 is 0 Å². The number of carboxylic acids is 1. The Morgan fingerprint density at radius 3 is 2.31 bits per heavy atom. The van der Waals surface area contributed by atoms with Crippen molar-refractivity contribution in [3.63, 3.8) is 0 Å². The lowest BCUT2D eigenvalue weighted by molar-refractivity contribution is -0.342. The van der Waals surface area contributed by atoms with Crippen molar-refractivity contribution in [2.24, 2.45) is 10.3 Å². The number of aromatic carboxylic acids is 1. The van der Waals surface area contributed by atoms with Gasteiger partial charge in [-0.1, -0.05) is 29.5 Å². The molecule has 1 heterocycles. The van der Waals surface area contributed by atoms with Gasteiger partial charge in [0.15, 0.2) is 0 Å². The monoisotopic (exact) mass is 497 g/mol. The molecule has 0 saturated carbocycles. The number of H-pyrrole nitrogens is 1. The Morgan fingerprint density at radius 2 is 1.75 bits per heavy atom. The molecule has 0 spiro atoms. The molecule has 3 aromatic rings. The van der Waals surface area contributed by atoms with Gasteiger partial charge in [0.2, 0.25) is 11.6 Å². The molecule has 0 aliphatic rings. The molecule has 0 atom stereocenters. The smallest absolute Gasteiger partial charge is 0.411 e. The van der Waals surface area contributed by atoms with E-state index < -0.39 is 12.1 Å². The molecule has 1 aromatic heterocycles. The highest BCUT2D eigenvalue weighted by atomic mass is 19.1. The van der Waals surface area contributed by atoms with Gasteiger partial charge >= 0.3 is 6.09 Å². The SMILES string of the molecule is CCOC(=O)Nc1ccc(NCc2ccc(F)cc2)[nH+]c1N.CN(C)N=Nc1ccc(C(=O)[O-])cc1. The fraction of sp³-hybridized carbons (Fsp3) is 0.208. The number of pyridine rings is 1. The summed E-state index contributed by atoms with van der Waals surface area (Å²) in [5, 5.41) is 25.2. The minimum Gasteiger partial charge on any atom is -0.545 e. The average Bonchev–Trinajstić information content (AvgIpc) is 2.85. The van der Waals surface area contributed by atoms with Crippen molar-refractivity contribution in [2.45, 2.75) is 13.5 Å². The van der Waals surface area contributed by atoms with Gasteiger partial charge < -0.3 is 25.7 Å². The molecule has 0 saturated heterocycles. The van der Waals surface area contributed by atoms with Crippen molar-refractivity contribution >= 4 is 35.1 Å². The number of nitrogens with two attached hydrogens (primary N) is 1. The summed E-state index contributed by atoms with van der Waals surface area (Å²) in [5.74, 6) is -0.483.